The minimum Gasteiger partial charge on any atom is -0.508 e. The molecule has 0 amide bonds. The van der Waals surface area contributed by atoms with Crippen molar-refractivity contribution >= 4 is 12.4 Å². The zero-order valence-corrected chi connectivity index (χ0v) is 11.2. The number of piperidine rings is 1. The summed E-state index contributed by atoms with van der Waals surface area (Å²) in [5.74, 6) is 0.998. The van der Waals surface area contributed by atoms with Crippen LogP contribution in [0.25, 0.3) is 0 Å². The van der Waals surface area contributed by atoms with E-state index < -0.39 is 0 Å². The highest BCUT2D eigenvalue weighted by atomic mass is 35.5. The number of hydrogen-bond donors (Lipinski definition) is 1. The molecule has 3 heteroatoms. The van der Waals surface area contributed by atoms with Gasteiger partial charge in [0.15, 0.2) is 0 Å². The van der Waals surface area contributed by atoms with Crippen LogP contribution < -0.4 is 0 Å². The first kappa shape index (κ1) is 14.3. The average molecular weight is 256 g/mol. The molecule has 2 nitrogen and oxygen atoms in total. The summed E-state index contributed by atoms with van der Waals surface area (Å²) in [6.45, 7) is 5.83. The van der Waals surface area contributed by atoms with E-state index in [1.807, 2.05) is 12.1 Å². The van der Waals surface area contributed by atoms with Gasteiger partial charge in [-0.05, 0) is 56.0 Å². The Morgan fingerprint density at radius 2 is 2.24 bits per heavy atom. The van der Waals surface area contributed by atoms with Crippen molar-refractivity contribution in [2.45, 2.75) is 32.1 Å². The highest BCUT2D eigenvalue weighted by Gasteiger charge is 2.20. The van der Waals surface area contributed by atoms with Crippen molar-refractivity contribution in [3.63, 3.8) is 0 Å². The zero-order chi connectivity index (χ0) is 11.4. The molecule has 0 bridgehead atoms. The third-order valence-corrected chi connectivity index (χ3v) is 3.39. The van der Waals surface area contributed by atoms with E-state index in [0.717, 1.165) is 6.54 Å². The maximum Gasteiger partial charge on any atom is 0.115 e. The molecule has 0 radical (unpaired) electrons. The third-order valence-electron chi connectivity index (χ3n) is 3.39. The molecule has 1 aromatic rings. The molecule has 0 aromatic heterocycles. The number of halogens is 1. The highest BCUT2D eigenvalue weighted by molar-refractivity contribution is 5.85. The molecule has 1 fully saturated rings. The summed E-state index contributed by atoms with van der Waals surface area (Å²) in [6.07, 6.45) is 3.76. The number of nitrogens with zero attached hydrogens (tertiary/aromatic N) is 1. The largest absolute Gasteiger partial charge is 0.508 e. The fourth-order valence-electron chi connectivity index (χ4n) is 2.63. The fourth-order valence-corrected chi connectivity index (χ4v) is 2.63. The van der Waals surface area contributed by atoms with Gasteiger partial charge >= 0.3 is 0 Å². The van der Waals surface area contributed by atoms with Gasteiger partial charge in [0.1, 0.15) is 5.75 Å². The monoisotopic (exact) mass is 255 g/mol. The molecule has 0 spiro atoms. The summed E-state index contributed by atoms with van der Waals surface area (Å²) in [7, 11) is 0. The molecule has 1 aromatic carbocycles. The smallest absolute Gasteiger partial charge is 0.115 e. The predicted molar refractivity (Wildman–Crippen MR) is 74.1 cm³/mol. The fraction of sp³-hybridized carbons (Fsp3) is 0.571. The van der Waals surface area contributed by atoms with Crippen LogP contribution in [0, 0.1) is 0 Å². The van der Waals surface area contributed by atoms with Crippen molar-refractivity contribution in [3.8, 4) is 5.75 Å². The number of phenolic OH excluding ortho intramolecular Hbond substituents is 1. The van der Waals surface area contributed by atoms with E-state index in [0.29, 0.717) is 11.7 Å². The summed E-state index contributed by atoms with van der Waals surface area (Å²) in [4.78, 5) is 2.54. The molecule has 0 saturated carbocycles. The van der Waals surface area contributed by atoms with Crippen molar-refractivity contribution in [2.24, 2.45) is 0 Å². The van der Waals surface area contributed by atoms with E-state index in [-0.39, 0.29) is 12.4 Å². The molecule has 1 saturated heterocycles. The van der Waals surface area contributed by atoms with Gasteiger partial charge in [0.2, 0.25) is 0 Å². The van der Waals surface area contributed by atoms with Gasteiger partial charge in [-0.15, -0.1) is 12.4 Å². The normalized spacial score (nSPS) is 20.9. The first-order valence-electron chi connectivity index (χ1n) is 6.31. The van der Waals surface area contributed by atoms with Crippen LogP contribution in [-0.4, -0.2) is 29.6 Å². The Hall–Kier alpha value is -0.730. The Kier molecular flexibility index (Phi) is 5.79. The van der Waals surface area contributed by atoms with Crippen molar-refractivity contribution in [1.29, 1.82) is 0 Å². The lowest BCUT2D eigenvalue weighted by atomic mass is 9.90. The second-order valence-corrected chi connectivity index (χ2v) is 4.73. The standard InChI is InChI=1S/C14H21NO.ClH/c1-2-8-15-9-4-6-13(11-15)12-5-3-7-14(16)10-12;/h3,5,7,10,13,16H,2,4,6,8-9,11H2,1H3;1H/t13-;/m0./s1. The van der Waals surface area contributed by atoms with Crippen molar-refractivity contribution in [2.75, 3.05) is 19.6 Å². The average Bonchev–Trinajstić information content (AvgIpc) is 2.30. The first-order chi connectivity index (χ1) is 7.79. The lowest BCUT2D eigenvalue weighted by Crippen LogP contribution is -2.34. The number of likely N-dealkylation sites (tertiary alicyclic amines) is 1. The molecule has 2 rings (SSSR count). The SMILES string of the molecule is CCCN1CCC[C@H](c2cccc(O)c2)C1.Cl. The van der Waals surface area contributed by atoms with Gasteiger partial charge in [-0.3, -0.25) is 0 Å². The molecule has 17 heavy (non-hydrogen) atoms. The van der Waals surface area contributed by atoms with Crippen LogP contribution in [0.4, 0.5) is 0 Å². The Labute approximate surface area is 110 Å². The molecule has 0 unspecified atom stereocenters. The lowest BCUT2D eigenvalue weighted by molar-refractivity contribution is 0.208. The van der Waals surface area contributed by atoms with E-state index >= 15 is 0 Å². The molecule has 1 aliphatic heterocycles. The minimum absolute atomic E-state index is 0. The summed E-state index contributed by atoms with van der Waals surface area (Å²) < 4.78 is 0. The Balaban J connectivity index is 0.00000144. The minimum atomic E-state index is 0. The third kappa shape index (κ3) is 3.90. The second kappa shape index (κ2) is 6.87. The molecule has 0 aliphatic carbocycles. The maximum atomic E-state index is 9.50. The van der Waals surface area contributed by atoms with Crippen molar-refractivity contribution in [3.05, 3.63) is 29.8 Å². The first-order valence-corrected chi connectivity index (χ1v) is 6.31. The summed E-state index contributed by atoms with van der Waals surface area (Å²) >= 11 is 0. The van der Waals surface area contributed by atoms with Crippen LogP contribution in [0.2, 0.25) is 0 Å². The summed E-state index contributed by atoms with van der Waals surface area (Å²) in [5, 5.41) is 9.50. The van der Waals surface area contributed by atoms with Crippen LogP contribution >= 0.6 is 12.4 Å². The molecular weight excluding hydrogens is 234 g/mol. The van der Waals surface area contributed by atoms with Crippen LogP contribution in [0.5, 0.6) is 5.75 Å². The van der Waals surface area contributed by atoms with E-state index in [1.54, 1.807) is 6.07 Å². The molecule has 1 aliphatic rings. The van der Waals surface area contributed by atoms with Gasteiger partial charge in [-0.1, -0.05) is 19.1 Å². The van der Waals surface area contributed by atoms with E-state index in [2.05, 4.69) is 17.9 Å². The van der Waals surface area contributed by atoms with Gasteiger partial charge in [-0.25, -0.2) is 0 Å². The number of phenols is 1. The Bertz CT molecular complexity index is 341. The second-order valence-electron chi connectivity index (χ2n) is 4.73. The van der Waals surface area contributed by atoms with Crippen molar-refractivity contribution < 1.29 is 5.11 Å². The number of hydrogen-bond acceptors (Lipinski definition) is 2. The Morgan fingerprint density at radius 1 is 1.41 bits per heavy atom. The predicted octanol–water partition coefficient (Wildman–Crippen LogP) is 3.40. The van der Waals surface area contributed by atoms with Crippen LogP contribution in [-0.2, 0) is 0 Å². The van der Waals surface area contributed by atoms with E-state index in [1.165, 1.54) is 37.9 Å². The summed E-state index contributed by atoms with van der Waals surface area (Å²) in [5.41, 5.74) is 1.29. The number of aromatic hydroxyl groups is 1. The molecule has 1 N–H and O–H groups in total. The van der Waals surface area contributed by atoms with Gasteiger partial charge < -0.3 is 10.0 Å². The van der Waals surface area contributed by atoms with Crippen LogP contribution in [0.1, 0.15) is 37.7 Å². The molecule has 1 heterocycles. The quantitative estimate of drug-likeness (QED) is 0.895. The lowest BCUT2D eigenvalue weighted by Gasteiger charge is -2.32. The molecule has 96 valence electrons. The molecular formula is C14H22ClNO. The highest BCUT2D eigenvalue weighted by Crippen LogP contribution is 2.28. The van der Waals surface area contributed by atoms with Gasteiger partial charge in [0.25, 0.3) is 0 Å². The van der Waals surface area contributed by atoms with Gasteiger partial charge in [-0.2, -0.15) is 0 Å². The maximum absolute atomic E-state index is 9.50. The zero-order valence-electron chi connectivity index (χ0n) is 10.4. The summed E-state index contributed by atoms with van der Waals surface area (Å²) in [6, 6.07) is 7.75. The number of benzene rings is 1. The van der Waals surface area contributed by atoms with Gasteiger partial charge in [0.05, 0.1) is 0 Å². The van der Waals surface area contributed by atoms with Crippen LogP contribution in [0.15, 0.2) is 24.3 Å². The van der Waals surface area contributed by atoms with Crippen LogP contribution in [0.3, 0.4) is 0 Å². The topological polar surface area (TPSA) is 23.5 Å². The number of rotatable bonds is 3. The molecule has 1 atom stereocenters. The van der Waals surface area contributed by atoms with Gasteiger partial charge in [0, 0.05) is 6.54 Å². The van der Waals surface area contributed by atoms with E-state index in [4.69, 9.17) is 0 Å². The Morgan fingerprint density at radius 3 is 2.94 bits per heavy atom. The van der Waals surface area contributed by atoms with E-state index in [9.17, 15) is 5.11 Å². The van der Waals surface area contributed by atoms with Crippen molar-refractivity contribution in [1.82, 2.24) is 4.90 Å².